The minimum atomic E-state index is 0.765. The lowest BCUT2D eigenvalue weighted by Gasteiger charge is -2.13. The Bertz CT molecular complexity index is 668. The number of hydrogen-bond acceptors (Lipinski definition) is 4. The molecule has 0 atom stereocenters. The Labute approximate surface area is 122 Å². The van der Waals surface area contributed by atoms with Crippen molar-refractivity contribution in [3.05, 3.63) is 53.5 Å². The molecule has 0 aliphatic heterocycles. The first-order valence-corrected chi connectivity index (χ1v) is 7.40. The molecule has 0 amide bonds. The van der Waals surface area contributed by atoms with E-state index < -0.39 is 0 Å². The molecule has 0 aliphatic rings. The fourth-order valence-corrected chi connectivity index (χ4v) is 2.96. The van der Waals surface area contributed by atoms with Crippen molar-refractivity contribution in [2.24, 2.45) is 0 Å². The quantitative estimate of drug-likeness (QED) is 0.785. The Morgan fingerprint density at radius 3 is 2.50 bits per heavy atom. The molecule has 3 nitrogen and oxygen atoms in total. The third-order valence-corrected chi connectivity index (χ3v) is 4.20. The maximum absolute atomic E-state index is 4.62. The summed E-state index contributed by atoms with van der Waals surface area (Å²) in [6, 6.07) is 16.7. The third kappa shape index (κ3) is 2.75. The van der Waals surface area contributed by atoms with Crippen LogP contribution in [-0.2, 0) is 6.54 Å². The number of fused-ring (bicyclic) bond motifs is 1. The average Bonchev–Trinajstić information content (AvgIpc) is 2.88. The molecule has 4 heteroatoms. The zero-order chi connectivity index (χ0) is 13.9. The maximum Gasteiger partial charge on any atom is 0.113 e. The summed E-state index contributed by atoms with van der Waals surface area (Å²) in [5.74, 6) is 0. The van der Waals surface area contributed by atoms with E-state index in [1.807, 2.05) is 20.2 Å². The predicted molar refractivity (Wildman–Crippen MR) is 87.7 cm³/mol. The van der Waals surface area contributed by atoms with Gasteiger partial charge in [0.1, 0.15) is 5.01 Å². The van der Waals surface area contributed by atoms with E-state index in [1.54, 1.807) is 11.3 Å². The Kier molecular flexibility index (Phi) is 3.56. The summed E-state index contributed by atoms with van der Waals surface area (Å²) in [4.78, 5) is 6.72. The number of nitrogens with zero attached hydrogens (tertiary/aromatic N) is 2. The van der Waals surface area contributed by atoms with Crippen molar-refractivity contribution in [2.45, 2.75) is 6.54 Å². The van der Waals surface area contributed by atoms with Gasteiger partial charge in [0.05, 0.1) is 16.8 Å². The number of hydrogen-bond donors (Lipinski definition) is 1. The van der Waals surface area contributed by atoms with E-state index in [-0.39, 0.29) is 0 Å². The van der Waals surface area contributed by atoms with E-state index in [4.69, 9.17) is 0 Å². The van der Waals surface area contributed by atoms with Gasteiger partial charge in [0, 0.05) is 25.5 Å². The topological polar surface area (TPSA) is 28.2 Å². The van der Waals surface area contributed by atoms with Crippen LogP contribution in [0.1, 0.15) is 5.01 Å². The summed E-state index contributed by atoms with van der Waals surface area (Å²) in [7, 11) is 4.09. The van der Waals surface area contributed by atoms with Gasteiger partial charge >= 0.3 is 0 Å². The number of para-hydroxylation sites is 1. The summed E-state index contributed by atoms with van der Waals surface area (Å²) in [6.45, 7) is 0.765. The van der Waals surface area contributed by atoms with Gasteiger partial charge in [0.25, 0.3) is 0 Å². The van der Waals surface area contributed by atoms with Crippen molar-refractivity contribution in [3.63, 3.8) is 0 Å². The van der Waals surface area contributed by atoms with Crippen molar-refractivity contribution in [1.29, 1.82) is 0 Å². The van der Waals surface area contributed by atoms with Crippen LogP contribution in [0.25, 0.3) is 10.2 Å². The van der Waals surface area contributed by atoms with Gasteiger partial charge in [0.15, 0.2) is 0 Å². The van der Waals surface area contributed by atoms with E-state index in [0.717, 1.165) is 22.8 Å². The van der Waals surface area contributed by atoms with Gasteiger partial charge in [-0.1, -0.05) is 12.1 Å². The maximum atomic E-state index is 4.62. The zero-order valence-corrected chi connectivity index (χ0v) is 12.4. The lowest BCUT2D eigenvalue weighted by atomic mass is 10.2. The largest absolute Gasteiger partial charge is 0.379 e. The Morgan fingerprint density at radius 2 is 1.80 bits per heavy atom. The van der Waals surface area contributed by atoms with E-state index >= 15 is 0 Å². The number of anilines is 2. The van der Waals surface area contributed by atoms with E-state index in [2.05, 4.69) is 57.7 Å². The summed E-state index contributed by atoms with van der Waals surface area (Å²) in [6.07, 6.45) is 0. The minimum absolute atomic E-state index is 0.765. The van der Waals surface area contributed by atoms with Crippen molar-refractivity contribution < 1.29 is 0 Å². The van der Waals surface area contributed by atoms with Crippen molar-refractivity contribution in [3.8, 4) is 0 Å². The third-order valence-electron chi connectivity index (χ3n) is 3.17. The SMILES string of the molecule is CN(C)c1ccc(NCc2nc3ccccc3s2)cc1. The lowest BCUT2D eigenvalue weighted by molar-refractivity contribution is 1.11. The molecule has 0 spiro atoms. The molecular weight excluding hydrogens is 266 g/mol. The minimum Gasteiger partial charge on any atom is -0.379 e. The highest BCUT2D eigenvalue weighted by molar-refractivity contribution is 7.18. The van der Waals surface area contributed by atoms with Gasteiger partial charge in [-0.05, 0) is 36.4 Å². The molecule has 1 heterocycles. The van der Waals surface area contributed by atoms with E-state index in [1.165, 1.54) is 10.4 Å². The van der Waals surface area contributed by atoms with Gasteiger partial charge in [-0.3, -0.25) is 0 Å². The number of rotatable bonds is 4. The summed E-state index contributed by atoms with van der Waals surface area (Å²) in [5.41, 5.74) is 3.41. The molecule has 0 aliphatic carbocycles. The number of aromatic nitrogens is 1. The van der Waals surface area contributed by atoms with Crippen LogP contribution in [0.4, 0.5) is 11.4 Å². The van der Waals surface area contributed by atoms with Gasteiger partial charge in [0.2, 0.25) is 0 Å². The average molecular weight is 283 g/mol. The fourth-order valence-electron chi connectivity index (χ4n) is 2.05. The van der Waals surface area contributed by atoms with Crippen LogP contribution < -0.4 is 10.2 Å². The van der Waals surface area contributed by atoms with Crippen molar-refractivity contribution >= 4 is 32.9 Å². The van der Waals surface area contributed by atoms with Crippen LogP contribution in [0.15, 0.2) is 48.5 Å². The molecule has 102 valence electrons. The summed E-state index contributed by atoms with van der Waals surface area (Å²) >= 11 is 1.74. The van der Waals surface area contributed by atoms with Crippen LogP contribution in [0.5, 0.6) is 0 Å². The second-order valence-electron chi connectivity index (χ2n) is 4.87. The van der Waals surface area contributed by atoms with Gasteiger partial charge in [-0.2, -0.15) is 0 Å². The second-order valence-corrected chi connectivity index (χ2v) is 5.99. The first kappa shape index (κ1) is 12.9. The predicted octanol–water partition coefficient (Wildman–Crippen LogP) is 3.97. The zero-order valence-electron chi connectivity index (χ0n) is 11.6. The van der Waals surface area contributed by atoms with Crippen molar-refractivity contribution in [1.82, 2.24) is 4.98 Å². The van der Waals surface area contributed by atoms with Crippen LogP contribution in [0, 0.1) is 0 Å². The molecule has 0 bridgehead atoms. The highest BCUT2D eigenvalue weighted by atomic mass is 32.1. The van der Waals surface area contributed by atoms with Crippen LogP contribution in [0.3, 0.4) is 0 Å². The monoisotopic (exact) mass is 283 g/mol. The molecule has 20 heavy (non-hydrogen) atoms. The van der Waals surface area contributed by atoms with Crippen LogP contribution in [0.2, 0.25) is 0 Å². The van der Waals surface area contributed by atoms with E-state index in [0.29, 0.717) is 0 Å². The molecule has 0 unspecified atom stereocenters. The molecule has 1 N–H and O–H groups in total. The normalized spacial score (nSPS) is 10.7. The van der Waals surface area contributed by atoms with Gasteiger partial charge < -0.3 is 10.2 Å². The molecule has 0 radical (unpaired) electrons. The molecule has 0 saturated heterocycles. The van der Waals surface area contributed by atoms with Crippen LogP contribution >= 0.6 is 11.3 Å². The first-order valence-electron chi connectivity index (χ1n) is 6.58. The first-order chi connectivity index (χ1) is 9.72. The van der Waals surface area contributed by atoms with Gasteiger partial charge in [-0.15, -0.1) is 11.3 Å². The van der Waals surface area contributed by atoms with Crippen LogP contribution in [-0.4, -0.2) is 19.1 Å². The van der Waals surface area contributed by atoms with Gasteiger partial charge in [-0.25, -0.2) is 4.98 Å². The molecule has 0 fully saturated rings. The van der Waals surface area contributed by atoms with E-state index in [9.17, 15) is 0 Å². The Morgan fingerprint density at radius 1 is 1.05 bits per heavy atom. The summed E-state index contributed by atoms with van der Waals surface area (Å²) in [5, 5.41) is 4.53. The molecule has 2 aromatic carbocycles. The summed E-state index contributed by atoms with van der Waals surface area (Å²) < 4.78 is 1.24. The number of benzene rings is 2. The molecule has 1 aromatic heterocycles. The molecular formula is C16H17N3S. The fraction of sp³-hybridized carbons (Fsp3) is 0.188. The molecule has 3 aromatic rings. The molecule has 3 rings (SSSR count). The highest BCUT2D eigenvalue weighted by Crippen LogP contribution is 2.22. The lowest BCUT2D eigenvalue weighted by Crippen LogP contribution is -2.08. The van der Waals surface area contributed by atoms with Crippen molar-refractivity contribution in [2.75, 3.05) is 24.3 Å². The Hall–Kier alpha value is -2.07. The standard InChI is InChI=1S/C16H17N3S/c1-19(2)13-9-7-12(8-10-13)17-11-16-18-14-5-3-4-6-15(14)20-16/h3-10,17H,11H2,1-2H3. The Balaban J connectivity index is 1.69. The second kappa shape index (κ2) is 5.51. The number of nitrogens with one attached hydrogen (secondary N) is 1. The smallest absolute Gasteiger partial charge is 0.113 e. The highest BCUT2D eigenvalue weighted by Gasteiger charge is 2.03. The number of thiazole rings is 1. The molecule has 0 saturated carbocycles.